The molecule has 0 fully saturated rings. The molecule has 6 nitrogen and oxygen atoms in total. The average Bonchev–Trinajstić information content (AvgIpc) is 2.90. The van der Waals surface area contributed by atoms with Gasteiger partial charge < -0.3 is 4.74 Å². The number of methoxy groups -OCH3 is 2. The van der Waals surface area contributed by atoms with Crippen molar-refractivity contribution in [1.82, 2.24) is 0 Å². The van der Waals surface area contributed by atoms with Crippen LogP contribution in [0.5, 0.6) is 5.75 Å². The first kappa shape index (κ1) is 35.4. The number of unbranched alkanes of at least 4 members (excludes halogenated alkanes) is 3. The van der Waals surface area contributed by atoms with Crippen molar-refractivity contribution in [2.75, 3.05) is 20.8 Å². The van der Waals surface area contributed by atoms with Gasteiger partial charge in [-0.05, 0) is 0 Å². The summed E-state index contributed by atoms with van der Waals surface area (Å²) in [5, 5.41) is 11.1. The molecule has 0 aromatic heterocycles. The molecule has 1 aromatic rings. The number of aliphatic hydroxyl groups excluding tert-OH is 1. The maximum atomic E-state index is 13.1. The van der Waals surface area contributed by atoms with Crippen molar-refractivity contribution >= 4 is 28.5 Å². The van der Waals surface area contributed by atoms with E-state index in [9.17, 15) is 13.5 Å². The summed E-state index contributed by atoms with van der Waals surface area (Å²) >= 11 is -2.54. The third-order valence-corrected chi connectivity index (χ3v) is 23.4. The molecule has 1 N–H and O–H groups in total. The van der Waals surface area contributed by atoms with Crippen LogP contribution in [-0.2, 0) is 19.0 Å². The fourth-order valence-electron chi connectivity index (χ4n) is 5.12. The first-order valence-electron chi connectivity index (χ1n) is 14.4. The van der Waals surface area contributed by atoms with Gasteiger partial charge >= 0.3 is 227 Å². The summed E-state index contributed by atoms with van der Waals surface area (Å²) in [6.45, 7) is 13.9. The molecule has 0 aliphatic carbocycles. The van der Waals surface area contributed by atoms with Gasteiger partial charge in [0.25, 0.3) is 0 Å². The van der Waals surface area contributed by atoms with E-state index < -0.39 is 46.6 Å². The van der Waals surface area contributed by atoms with E-state index in [1.165, 1.54) is 51.8 Å². The molecule has 0 bridgehead atoms. The first-order chi connectivity index (χ1) is 17.9. The number of hydrogen-bond acceptors (Lipinski definition) is 6. The average molecular weight is 662 g/mol. The predicted octanol–water partition coefficient (Wildman–Crippen LogP) is 7.28. The van der Waals surface area contributed by atoms with E-state index in [0.29, 0.717) is 11.3 Å². The van der Waals surface area contributed by atoms with E-state index in [2.05, 4.69) is 30.9 Å². The molecule has 1 rings (SSSR count). The van der Waals surface area contributed by atoms with Crippen LogP contribution in [-0.4, -0.2) is 64.9 Å². The monoisotopic (exact) mass is 662 g/mol. The minimum atomic E-state index is -4.00. The Bertz CT molecular complexity index is 954. The minimum absolute atomic E-state index is 0.128. The summed E-state index contributed by atoms with van der Waals surface area (Å²) in [6.07, 6.45) is 8.13. The van der Waals surface area contributed by atoms with Crippen molar-refractivity contribution in [3.8, 4) is 5.75 Å². The molecule has 38 heavy (non-hydrogen) atoms. The molecular formula is C30H54O6SSn. The first-order valence-corrected chi connectivity index (χ1v) is 23.5. The molecule has 0 radical (unpaired) electrons. The van der Waals surface area contributed by atoms with E-state index >= 15 is 0 Å². The van der Waals surface area contributed by atoms with Crippen LogP contribution in [0.3, 0.4) is 0 Å². The van der Waals surface area contributed by atoms with Gasteiger partial charge in [0.15, 0.2) is 0 Å². The summed E-state index contributed by atoms with van der Waals surface area (Å²) in [7, 11) is -0.818. The Kier molecular flexibility index (Phi) is 16.1. The van der Waals surface area contributed by atoms with Crippen molar-refractivity contribution in [2.45, 2.75) is 117 Å². The number of benzene rings is 1. The Morgan fingerprint density at radius 2 is 1.47 bits per heavy atom. The number of aryl methyl sites for hydroxylation is 1. The second kappa shape index (κ2) is 17.3. The Balaban J connectivity index is 3.07. The van der Waals surface area contributed by atoms with Crippen LogP contribution >= 0.6 is 0 Å². The number of ether oxygens (including phenoxy) is 2. The van der Waals surface area contributed by atoms with Crippen molar-refractivity contribution < 1.29 is 27.2 Å². The standard InChI is InChI=1S/C18H27O6S.3C4H9.Sn/c1-8-15(22-6)17(19)12(3)10-24-25(20,21)16-9-11(2)18(23-7)14(5)13(16)4;3*1-3-4-2;/h1,8-9,12,15,17,19H,10H2,2-7H3;3*1,3-4H2,2H3;/t12-,15-,17+;;;;/m0..../s1. The molecule has 0 heterocycles. The molecular weight excluding hydrogens is 607 g/mol. The molecule has 0 saturated carbocycles. The molecule has 0 saturated heterocycles. The normalized spacial score (nSPS) is 15.1. The Hall–Kier alpha value is -0.611. The summed E-state index contributed by atoms with van der Waals surface area (Å²) in [5.41, 5.74) is 2.12. The van der Waals surface area contributed by atoms with Crippen molar-refractivity contribution in [1.29, 1.82) is 0 Å². The number of hydrogen-bond donors (Lipinski definition) is 1. The second-order valence-corrected chi connectivity index (χ2v) is 25.5. The Morgan fingerprint density at radius 1 is 0.947 bits per heavy atom. The third kappa shape index (κ3) is 10.1. The van der Waals surface area contributed by atoms with Crippen LogP contribution in [0.1, 0.15) is 82.9 Å². The van der Waals surface area contributed by atoms with Crippen LogP contribution in [0.25, 0.3) is 0 Å². The maximum absolute atomic E-state index is 13.1. The molecule has 0 aliphatic heterocycles. The zero-order valence-electron chi connectivity index (χ0n) is 25.4. The molecule has 8 heteroatoms. The van der Waals surface area contributed by atoms with Crippen LogP contribution in [0.2, 0.25) is 13.3 Å². The SMILES string of the molecule is CCC[CH2][Sn](/[CH]=C/[C@H](OC)[C@H](O)[C@@H](C)COS(=O)(=O)c1cc(C)c(OC)c(C)c1C)([CH2]CCC)[CH2]CCC. The van der Waals surface area contributed by atoms with Gasteiger partial charge in [0.1, 0.15) is 0 Å². The number of aliphatic hydroxyl groups is 1. The predicted molar refractivity (Wildman–Crippen MR) is 160 cm³/mol. The van der Waals surface area contributed by atoms with Gasteiger partial charge in [-0.25, -0.2) is 0 Å². The van der Waals surface area contributed by atoms with E-state index in [4.69, 9.17) is 13.7 Å². The van der Waals surface area contributed by atoms with Gasteiger partial charge in [-0.1, -0.05) is 0 Å². The quantitative estimate of drug-likeness (QED) is 0.124. The van der Waals surface area contributed by atoms with Gasteiger partial charge in [0.05, 0.1) is 7.11 Å². The molecule has 0 spiro atoms. The van der Waals surface area contributed by atoms with Crippen molar-refractivity contribution in [2.24, 2.45) is 5.92 Å². The fraction of sp³-hybridized carbons (Fsp3) is 0.733. The van der Waals surface area contributed by atoms with E-state index in [1.54, 1.807) is 34.1 Å². The van der Waals surface area contributed by atoms with Crippen molar-refractivity contribution in [3.63, 3.8) is 0 Å². The van der Waals surface area contributed by atoms with Gasteiger partial charge in [0.2, 0.25) is 0 Å². The Morgan fingerprint density at radius 3 is 1.92 bits per heavy atom. The van der Waals surface area contributed by atoms with Crippen LogP contribution in [0, 0.1) is 26.7 Å². The van der Waals surface area contributed by atoms with Crippen LogP contribution < -0.4 is 4.74 Å². The molecule has 0 aliphatic rings. The topological polar surface area (TPSA) is 82.1 Å². The molecule has 1 aromatic carbocycles. The van der Waals surface area contributed by atoms with Crippen molar-refractivity contribution in [3.05, 3.63) is 32.9 Å². The summed E-state index contributed by atoms with van der Waals surface area (Å²) in [5.74, 6) is 0.241. The molecule has 220 valence electrons. The Labute approximate surface area is 237 Å². The summed E-state index contributed by atoms with van der Waals surface area (Å²) in [6, 6.07) is 1.59. The van der Waals surface area contributed by atoms with E-state index in [1.807, 2.05) is 13.8 Å². The van der Waals surface area contributed by atoms with Gasteiger partial charge in [-0.2, -0.15) is 0 Å². The second-order valence-electron chi connectivity index (χ2n) is 10.9. The van der Waals surface area contributed by atoms with Gasteiger partial charge in [-0.3, -0.25) is 0 Å². The zero-order chi connectivity index (χ0) is 28.9. The fourth-order valence-corrected chi connectivity index (χ4v) is 20.8. The number of rotatable bonds is 19. The summed E-state index contributed by atoms with van der Waals surface area (Å²) in [4.78, 5) is 0.139. The molecule has 3 atom stereocenters. The third-order valence-electron chi connectivity index (χ3n) is 7.85. The molecule has 0 unspecified atom stereocenters. The van der Waals surface area contributed by atoms with Gasteiger partial charge in [-0.15, -0.1) is 0 Å². The summed E-state index contributed by atoms with van der Waals surface area (Å²) < 4.78 is 49.3. The van der Waals surface area contributed by atoms with E-state index in [-0.39, 0.29) is 11.5 Å². The van der Waals surface area contributed by atoms with Gasteiger partial charge in [0, 0.05) is 0 Å². The van der Waals surface area contributed by atoms with Crippen LogP contribution in [0.4, 0.5) is 0 Å². The van der Waals surface area contributed by atoms with E-state index in [0.717, 1.165) is 11.1 Å². The molecule has 0 amide bonds. The zero-order valence-corrected chi connectivity index (χ0v) is 29.1. The van der Waals surface area contributed by atoms with Crippen LogP contribution in [0.15, 0.2) is 21.1 Å².